The molecule has 0 radical (unpaired) electrons. The van der Waals surface area contributed by atoms with E-state index in [0.717, 1.165) is 0 Å². The minimum Gasteiger partial charge on any atom is -0.486 e. The normalized spacial score (nSPS) is 24.2. The summed E-state index contributed by atoms with van der Waals surface area (Å²) in [6.07, 6.45) is 2.04. The van der Waals surface area contributed by atoms with Crippen LogP contribution in [0.2, 0.25) is 0 Å². The second-order valence-corrected chi connectivity index (χ2v) is 7.53. The van der Waals surface area contributed by atoms with Crippen LogP contribution in [0.25, 0.3) is 0 Å². The third-order valence-electron chi connectivity index (χ3n) is 4.22. The predicted octanol–water partition coefficient (Wildman–Crippen LogP) is 1.38. The molecule has 1 aromatic carbocycles. The number of rotatable bonds is 4. The van der Waals surface area contributed by atoms with Gasteiger partial charge in [-0.25, -0.2) is 13.1 Å². The highest BCUT2D eigenvalue weighted by molar-refractivity contribution is 7.89. The molecule has 2 aliphatic rings. The molecule has 0 spiro atoms. The first-order chi connectivity index (χ1) is 11.0. The van der Waals surface area contributed by atoms with Crippen molar-refractivity contribution in [1.82, 2.24) is 4.72 Å². The molecule has 8 heteroatoms. The van der Waals surface area contributed by atoms with Gasteiger partial charge in [0.15, 0.2) is 11.5 Å². The second-order valence-electron chi connectivity index (χ2n) is 5.81. The van der Waals surface area contributed by atoms with Crippen LogP contribution in [-0.2, 0) is 14.8 Å². The van der Waals surface area contributed by atoms with Gasteiger partial charge in [-0.1, -0.05) is 0 Å². The number of hydrogen-bond acceptors (Lipinski definition) is 5. The SMILES string of the molecule is O=C(O)C1CCC(NS(=O)(=O)c2ccc3c(c2)OCCO3)CC1. The Labute approximate surface area is 134 Å². The minimum atomic E-state index is -3.66. The van der Waals surface area contributed by atoms with Gasteiger partial charge in [-0.05, 0) is 37.8 Å². The summed E-state index contributed by atoms with van der Waals surface area (Å²) >= 11 is 0. The number of hydrogen-bond donors (Lipinski definition) is 2. The summed E-state index contributed by atoms with van der Waals surface area (Å²) in [7, 11) is -3.66. The number of carboxylic acids is 1. The Bertz CT molecular complexity index is 694. The van der Waals surface area contributed by atoms with Crippen LogP contribution in [0.5, 0.6) is 11.5 Å². The summed E-state index contributed by atoms with van der Waals surface area (Å²) in [6.45, 7) is 0.841. The van der Waals surface area contributed by atoms with Gasteiger partial charge in [-0.2, -0.15) is 0 Å². The summed E-state index contributed by atoms with van der Waals surface area (Å²) in [5.41, 5.74) is 0. The monoisotopic (exact) mass is 341 g/mol. The Morgan fingerprint density at radius 1 is 1.09 bits per heavy atom. The average Bonchev–Trinajstić information content (AvgIpc) is 2.54. The maximum Gasteiger partial charge on any atom is 0.306 e. The maximum atomic E-state index is 12.5. The number of sulfonamides is 1. The van der Waals surface area contributed by atoms with Crippen molar-refractivity contribution in [2.24, 2.45) is 5.92 Å². The van der Waals surface area contributed by atoms with Crippen LogP contribution in [0.4, 0.5) is 0 Å². The fourth-order valence-electron chi connectivity index (χ4n) is 2.94. The molecule has 1 heterocycles. The van der Waals surface area contributed by atoms with Crippen LogP contribution in [-0.4, -0.2) is 38.7 Å². The summed E-state index contributed by atoms with van der Waals surface area (Å²) in [5.74, 6) is -0.214. The van der Waals surface area contributed by atoms with Gasteiger partial charge in [0, 0.05) is 12.1 Å². The van der Waals surface area contributed by atoms with Crippen LogP contribution in [0.1, 0.15) is 25.7 Å². The first-order valence-corrected chi connectivity index (χ1v) is 9.09. The molecule has 0 atom stereocenters. The highest BCUT2D eigenvalue weighted by Crippen LogP contribution is 2.32. The predicted molar refractivity (Wildman–Crippen MR) is 81.1 cm³/mol. The molecule has 7 nitrogen and oxygen atoms in total. The molecule has 1 aliphatic heterocycles. The quantitative estimate of drug-likeness (QED) is 0.858. The number of aliphatic carboxylic acids is 1. The van der Waals surface area contributed by atoms with Gasteiger partial charge < -0.3 is 14.6 Å². The number of carboxylic acid groups (broad SMARTS) is 1. The lowest BCUT2D eigenvalue weighted by Crippen LogP contribution is -2.38. The molecule has 0 unspecified atom stereocenters. The number of fused-ring (bicyclic) bond motifs is 1. The zero-order valence-corrected chi connectivity index (χ0v) is 13.3. The van der Waals surface area contributed by atoms with Crippen molar-refractivity contribution in [2.45, 2.75) is 36.6 Å². The minimum absolute atomic E-state index is 0.127. The van der Waals surface area contributed by atoms with Crippen LogP contribution < -0.4 is 14.2 Å². The van der Waals surface area contributed by atoms with E-state index in [-0.39, 0.29) is 16.9 Å². The number of benzene rings is 1. The highest BCUT2D eigenvalue weighted by atomic mass is 32.2. The van der Waals surface area contributed by atoms with Crippen molar-refractivity contribution in [1.29, 1.82) is 0 Å². The Morgan fingerprint density at radius 2 is 1.74 bits per heavy atom. The molecule has 0 amide bonds. The molecule has 1 fully saturated rings. The fraction of sp³-hybridized carbons (Fsp3) is 0.533. The van der Waals surface area contributed by atoms with Gasteiger partial charge in [0.1, 0.15) is 13.2 Å². The molecule has 1 aliphatic carbocycles. The van der Waals surface area contributed by atoms with Gasteiger partial charge in [0.2, 0.25) is 10.0 Å². The van der Waals surface area contributed by atoms with E-state index in [4.69, 9.17) is 14.6 Å². The Balaban J connectivity index is 1.69. The van der Waals surface area contributed by atoms with E-state index in [2.05, 4.69) is 4.72 Å². The van der Waals surface area contributed by atoms with Gasteiger partial charge in [-0.3, -0.25) is 4.79 Å². The summed E-state index contributed by atoms with van der Waals surface area (Å²) in [5, 5.41) is 8.98. The molecule has 126 valence electrons. The van der Waals surface area contributed by atoms with Crippen molar-refractivity contribution in [3.8, 4) is 11.5 Å². The summed E-state index contributed by atoms with van der Waals surface area (Å²) < 4.78 is 38.4. The first-order valence-electron chi connectivity index (χ1n) is 7.60. The van der Waals surface area contributed by atoms with Crippen LogP contribution in [0.15, 0.2) is 23.1 Å². The number of carbonyl (C=O) groups is 1. The second kappa shape index (κ2) is 6.37. The Hall–Kier alpha value is -1.80. The van der Waals surface area contributed by atoms with Gasteiger partial charge in [0.25, 0.3) is 0 Å². The Kier molecular flexibility index (Phi) is 4.45. The van der Waals surface area contributed by atoms with Crippen LogP contribution in [0.3, 0.4) is 0 Å². The van der Waals surface area contributed by atoms with E-state index in [9.17, 15) is 13.2 Å². The van der Waals surface area contributed by atoms with Gasteiger partial charge in [-0.15, -0.1) is 0 Å². The molecule has 3 rings (SSSR count). The van der Waals surface area contributed by atoms with Crippen molar-refractivity contribution in [3.05, 3.63) is 18.2 Å². The highest BCUT2D eigenvalue weighted by Gasteiger charge is 2.29. The van der Waals surface area contributed by atoms with E-state index in [1.54, 1.807) is 6.07 Å². The topological polar surface area (TPSA) is 102 Å². The third kappa shape index (κ3) is 3.59. The molecule has 23 heavy (non-hydrogen) atoms. The summed E-state index contributed by atoms with van der Waals surface area (Å²) in [4.78, 5) is 11.1. The fourth-order valence-corrected chi connectivity index (χ4v) is 4.26. The molecule has 2 N–H and O–H groups in total. The largest absolute Gasteiger partial charge is 0.486 e. The van der Waals surface area contributed by atoms with Crippen LogP contribution >= 0.6 is 0 Å². The molecular weight excluding hydrogens is 322 g/mol. The van der Waals surface area contributed by atoms with Crippen molar-refractivity contribution in [3.63, 3.8) is 0 Å². The zero-order chi connectivity index (χ0) is 16.4. The summed E-state index contributed by atoms with van der Waals surface area (Å²) in [6, 6.07) is 4.30. The molecule has 1 aromatic rings. The van der Waals surface area contributed by atoms with Crippen LogP contribution in [0, 0.1) is 5.92 Å². The van der Waals surface area contributed by atoms with Gasteiger partial charge >= 0.3 is 5.97 Å². The molecule has 0 aromatic heterocycles. The van der Waals surface area contributed by atoms with E-state index >= 15 is 0 Å². The number of ether oxygens (including phenoxy) is 2. The van der Waals surface area contributed by atoms with E-state index in [1.807, 2.05) is 0 Å². The molecule has 0 bridgehead atoms. The zero-order valence-electron chi connectivity index (χ0n) is 12.5. The van der Waals surface area contributed by atoms with Gasteiger partial charge in [0.05, 0.1) is 10.8 Å². The lowest BCUT2D eigenvalue weighted by molar-refractivity contribution is -0.142. The molecule has 0 saturated heterocycles. The Morgan fingerprint density at radius 3 is 2.39 bits per heavy atom. The van der Waals surface area contributed by atoms with Crippen molar-refractivity contribution in [2.75, 3.05) is 13.2 Å². The molecular formula is C15H19NO6S. The van der Waals surface area contributed by atoms with Crippen molar-refractivity contribution < 1.29 is 27.8 Å². The smallest absolute Gasteiger partial charge is 0.306 e. The molecule has 1 saturated carbocycles. The third-order valence-corrected chi connectivity index (χ3v) is 5.74. The first kappa shape index (κ1) is 16.1. The van der Waals surface area contributed by atoms with E-state index in [0.29, 0.717) is 50.4 Å². The number of nitrogens with one attached hydrogen (secondary N) is 1. The average molecular weight is 341 g/mol. The van der Waals surface area contributed by atoms with E-state index < -0.39 is 16.0 Å². The van der Waals surface area contributed by atoms with E-state index in [1.165, 1.54) is 12.1 Å². The standard InChI is InChI=1S/C15H19NO6S/c17-15(18)10-1-3-11(4-2-10)16-23(19,20)12-5-6-13-14(9-12)22-8-7-21-13/h5-6,9-11,16H,1-4,7-8H2,(H,17,18). The van der Waals surface area contributed by atoms with Crippen molar-refractivity contribution >= 4 is 16.0 Å². The lowest BCUT2D eigenvalue weighted by Gasteiger charge is -2.26. The lowest BCUT2D eigenvalue weighted by atomic mass is 9.87. The maximum absolute atomic E-state index is 12.5.